The Morgan fingerprint density at radius 2 is 1.10 bits per heavy atom. The number of aromatic nitrogens is 6. The Bertz CT molecular complexity index is 2300. The van der Waals surface area contributed by atoms with Crippen molar-refractivity contribution in [2.75, 3.05) is 18.0 Å². The molecule has 0 saturated carbocycles. The van der Waals surface area contributed by atoms with Crippen LogP contribution in [0.5, 0.6) is 0 Å². The Balaban J connectivity index is 0.000000274. The molecule has 0 aromatic carbocycles. The Hall–Kier alpha value is -6.85. The number of nitriles is 5. The van der Waals surface area contributed by atoms with Crippen molar-refractivity contribution in [3.05, 3.63) is 135 Å². The molecule has 1 aliphatic heterocycles. The molecule has 6 rings (SSSR count). The number of anilines is 1. The molecule has 0 amide bonds. The van der Waals surface area contributed by atoms with Crippen molar-refractivity contribution >= 4 is 17.4 Å². The first kappa shape index (κ1) is 52.3. The van der Waals surface area contributed by atoms with Crippen LogP contribution < -0.4 is 4.90 Å². The van der Waals surface area contributed by atoms with Gasteiger partial charge in [0.05, 0.1) is 44.2 Å². The van der Waals surface area contributed by atoms with Crippen molar-refractivity contribution in [3.8, 4) is 30.3 Å². The van der Waals surface area contributed by atoms with Gasteiger partial charge >= 0.3 is 0 Å². The van der Waals surface area contributed by atoms with E-state index in [0.717, 1.165) is 41.8 Å². The highest BCUT2D eigenvalue weighted by Gasteiger charge is 2.23. The summed E-state index contributed by atoms with van der Waals surface area (Å²) >= 11 is 5.89. The van der Waals surface area contributed by atoms with Crippen LogP contribution in [0, 0.1) is 68.4 Å². The molecule has 6 heterocycles. The maximum absolute atomic E-state index is 13.1. The normalized spacial score (nSPS) is 12.5. The van der Waals surface area contributed by atoms with Crippen LogP contribution in [0.4, 0.5) is 10.2 Å². The SMILES string of the molecule is CC(C)c1ccc(C#N)cn1.CC(C)c1ncc(C#N)cc1Cl.CC(C)c1ncc(C#N)cc1F.CC(C)c1ncc(C#N)cn1.CC1CCN(c2nc(C(C)C)ccc2C#N)C1. The van der Waals surface area contributed by atoms with E-state index in [0.29, 0.717) is 62.6 Å². The first-order valence-corrected chi connectivity index (χ1v) is 21.1. The fourth-order valence-corrected chi connectivity index (χ4v) is 6.00. The molecule has 5 aromatic heterocycles. The summed E-state index contributed by atoms with van der Waals surface area (Å²) in [4.78, 5) is 27.0. The van der Waals surface area contributed by atoms with Crippen molar-refractivity contribution in [2.24, 2.45) is 5.92 Å². The summed E-state index contributed by atoms with van der Waals surface area (Å²) in [6, 6.07) is 20.5. The third kappa shape index (κ3) is 17.2. The minimum Gasteiger partial charge on any atom is -0.355 e. The lowest BCUT2D eigenvalue weighted by molar-refractivity contribution is 0.584. The van der Waals surface area contributed by atoms with Gasteiger partial charge in [0.25, 0.3) is 0 Å². The molecule has 1 aliphatic rings. The Morgan fingerprint density at radius 3 is 1.51 bits per heavy atom. The summed E-state index contributed by atoms with van der Waals surface area (Å²) in [5, 5.41) is 43.6. The molecular weight excluding hydrogens is 811 g/mol. The number of halogens is 2. The predicted octanol–water partition coefficient (Wildman–Crippen LogP) is 11.4. The van der Waals surface area contributed by atoms with E-state index in [-0.39, 0.29) is 11.5 Å². The van der Waals surface area contributed by atoms with Crippen LogP contribution >= 0.6 is 11.6 Å². The molecular formula is C49H56ClFN12. The lowest BCUT2D eigenvalue weighted by Crippen LogP contribution is -2.22. The van der Waals surface area contributed by atoms with E-state index < -0.39 is 5.82 Å². The Kier molecular flexibility index (Phi) is 22.0. The maximum atomic E-state index is 13.1. The highest BCUT2D eigenvalue weighted by atomic mass is 35.5. The largest absolute Gasteiger partial charge is 0.355 e. The third-order valence-electron chi connectivity index (χ3n) is 9.25. The van der Waals surface area contributed by atoms with Gasteiger partial charge in [0.15, 0.2) is 0 Å². The van der Waals surface area contributed by atoms with Crippen molar-refractivity contribution in [2.45, 2.75) is 112 Å². The van der Waals surface area contributed by atoms with Gasteiger partial charge in [-0.1, -0.05) is 87.8 Å². The van der Waals surface area contributed by atoms with Gasteiger partial charge in [0, 0.05) is 61.4 Å². The van der Waals surface area contributed by atoms with Crippen LogP contribution in [0.15, 0.2) is 67.4 Å². The van der Waals surface area contributed by atoms with Gasteiger partial charge in [-0.25, -0.2) is 19.3 Å². The first-order chi connectivity index (χ1) is 29.9. The average molecular weight is 868 g/mol. The fourth-order valence-electron chi connectivity index (χ4n) is 5.62. The standard InChI is InChI=1S/C14H19N3.C9H9ClN2.C9H9FN2.C9H10N2.C8H9N3/c1-10(2)13-5-4-12(8-15)14(16-13)17-7-6-11(3)9-17;2*1-6(2)9-8(10)3-7(4-11)5-12-9;1-7(2)9-4-3-8(5-10)6-11-9;1-6(2)8-10-4-7(3-9)5-11-8/h4-5,10-11H,6-7,9H2,1-3H3;2*3,5-6H,1-2H3;3-4,6-7H,1-2H3;4-6H,1-2H3. The molecule has 1 fully saturated rings. The molecule has 1 atom stereocenters. The van der Waals surface area contributed by atoms with Crippen molar-refractivity contribution < 1.29 is 4.39 Å². The number of rotatable bonds is 6. The van der Waals surface area contributed by atoms with Gasteiger partial charge in [-0.05, 0) is 72.4 Å². The van der Waals surface area contributed by atoms with Gasteiger partial charge in [-0.2, -0.15) is 26.3 Å². The lowest BCUT2D eigenvalue weighted by Gasteiger charge is -2.19. The second-order valence-corrected chi connectivity index (χ2v) is 16.7. The molecule has 0 aliphatic carbocycles. The molecule has 1 unspecified atom stereocenters. The summed E-state index contributed by atoms with van der Waals surface area (Å²) < 4.78 is 13.1. The summed E-state index contributed by atoms with van der Waals surface area (Å²) in [6.45, 7) is 24.5. The van der Waals surface area contributed by atoms with Crippen molar-refractivity contribution in [1.29, 1.82) is 26.3 Å². The predicted molar refractivity (Wildman–Crippen MR) is 244 cm³/mol. The van der Waals surface area contributed by atoms with E-state index in [4.69, 9.17) is 37.9 Å². The van der Waals surface area contributed by atoms with Crippen LogP contribution in [0.25, 0.3) is 0 Å². The molecule has 0 radical (unpaired) electrons. The first-order valence-electron chi connectivity index (χ1n) is 20.7. The molecule has 14 heteroatoms. The summed E-state index contributed by atoms with van der Waals surface area (Å²) in [6.07, 6.45) is 8.82. The molecule has 326 valence electrons. The smallest absolute Gasteiger partial charge is 0.146 e. The highest BCUT2D eigenvalue weighted by molar-refractivity contribution is 6.31. The van der Waals surface area contributed by atoms with Gasteiger partial charge in [0.1, 0.15) is 47.8 Å². The summed E-state index contributed by atoms with van der Waals surface area (Å²) in [5.41, 5.74) is 5.95. The van der Waals surface area contributed by atoms with E-state index in [1.807, 2.05) is 84.0 Å². The van der Waals surface area contributed by atoms with Crippen LogP contribution in [0.1, 0.15) is 169 Å². The summed E-state index contributed by atoms with van der Waals surface area (Å²) in [5.74, 6) is 3.47. The molecule has 12 nitrogen and oxygen atoms in total. The van der Waals surface area contributed by atoms with Gasteiger partial charge in [0.2, 0.25) is 0 Å². The van der Waals surface area contributed by atoms with Gasteiger partial charge in [-0.3, -0.25) is 15.0 Å². The zero-order valence-corrected chi connectivity index (χ0v) is 38.8. The molecule has 0 N–H and O–H groups in total. The maximum Gasteiger partial charge on any atom is 0.146 e. The molecule has 0 bridgehead atoms. The molecule has 0 spiro atoms. The zero-order valence-electron chi connectivity index (χ0n) is 38.1. The van der Waals surface area contributed by atoms with E-state index in [1.54, 1.807) is 36.9 Å². The zero-order chi connectivity index (χ0) is 47.2. The van der Waals surface area contributed by atoms with Gasteiger partial charge < -0.3 is 4.90 Å². The molecule has 63 heavy (non-hydrogen) atoms. The molecule has 5 aromatic rings. The minimum absolute atomic E-state index is 0.0535. The quantitative estimate of drug-likeness (QED) is 0.157. The van der Waals surface area contributed by atoms with E-state index in [2.05, 4.69) is 75.5 Å². The summed E-state index contributed by atoms with van der Waals surface area (Å²) in [7, 11) is 0. The highest BCUT2D eigenvalue weighted by Crippen LogP contribution is 2.27. The number of nitrogens with zero attached hydrogens (tertiary/aromatic N) is 12. The van der Waals surface area contributed by atoms with E-state index in [1.165, 1.54) is 18.7 Å². The lowest BCUT2D eigenvalue weighted by atomic mass is 10.1. The van der Waals surface area contributed by atoms with Crippen molar-refractivity contribution in [3.63, 3.8) is 0 Å². The third-order valence-corrected chi connectivity index (χ3v) is 9.55. The second-order valence-electron chi connectivity index (χ2n) is 16.3. The number of pyridine rings is 4. The van der Waals surface area contributed by atoms with Crippen LogP contribution in [-0.2, 0) is 0 Å². The van der Waals surface area contributed by atoms with Gasteiger partial charge in [-0.15, -0.1) is 0 Å². The second kappa shape index (κ2) is 26.5. The van der Waals surface area contributed by atoms with E-state index in [9.17, 15) is 4.39 Å². The Morgan fingerprint density at radius 1 is 0.587 bits per heavy atom. The van der Waals surface area contributed by atoms with Crippen molar-refractivity contribution in [1.82, 2.24) is 29.9 Å². The topological polar surface area (TPSA) is 200 Å². The minimum atomic E-state index is -0.399. The van der Waals surface area contributed by atoms with Crippen LogP contribution in [-0.4, -0.2) is 43.0 Å². The molecule has 1 saturated heterocycles. The van der Waals surface area contributed by atoms with Crippen LogP contribution in [0.2, 0.25) is 5.02 Å². The number of hydrogen-bond donors (Lipinski definition) is 0. The van der Waals surface area contributed by atoms with E-state index >= 15 is 0 Å². The monoisotopic (exact) mass is 866 g/mol. The van der Waals surface area contributed by atoms with Crippen LogP contribution in [0.3, 0.4) is 0 Å². The average Bonchev–Trinajstić information content (AvgIpc) is 3.72. The Labute approximate surface area is 377 Å². The number of hydrogen-bond acceptors (Lipinski definition) is 12. The fraction of sp³-hybridized carbons (Fsp3) is 0.408.